The summed E-state index contributed by atoms with van der Waals surface area (Å²) >= 11 is 0. The monoisotopic (exact) mass is 385 g/mol. The van der Waals surface area contributed by atoms with Gasteiger partial charge in [0.05, 0.1) is 5.70 Å². The zero-order valence-electron chi connectivity index (χ0n) is 17.3. The van der Waals surface area contributed by atoms with Gasteiger partial charge in [-0.1, -0.05) is 74.9 Å². The van der Waals surface area contributed by atoms with Gasteiger partial charge >= 0.3 is 0 Å². The van der Waals surface area contributed by atoms with E-state index in [2.05, 4.69) is 49.7 Å². The number of fused-ring (bicyclic) bond motifs is 1. The van der Waals surface area contributed by atoms with Gasteiger partial charge in [-0.2, -0.15) is 0 Å². The van der Waals surface area contributed by atoms with Gasteiger partial charge in [0, 0.05) is 6.20 Å². The number of rotatable bonds is 3. The van der Waals surface area contributed by atoms with Crippen molar-refractivity contribution in [1.29, 1.82) is 0 Å². The van der Waals surface area contributed by atoms with E-state index in [-0.39, 0.29) is 0 Å². The number of aliphatic hydroxyl groups is 1. The number of benzene rings is 1. The van der Waals surface area contributed by atoms with Crippen molar-refractivity contribution in [2.45, 2.75) is 39.0 Å². The van der Waals surface area contributed by atoms with Crippen LogP contribution in [0.3, 0.4) is 0 Å². The van der Waals surface area contributed by atoms with E-state index < -0.39 is 0 Å². The molecule has 0 atom stereocenters. The van der Waals surface area contributed by atoms with E-state index in [1.165, 1.54) is 48.8 Å². The number of allylic oxidation sites excluding steroid dienone is 7. The lowest BCUT2D eigenvalue weighted by Crippen LogP contribution is -2.13. The van der Waals surface area contributed by atoms with Crippen LogP contribution in [0.4, 0.5) is 0 Å². The van der Waals surface area contributed by atoms with Crippen LogP contribution in [-0.4, -0.2) is 5.11 Å². The van der Waals surface area contributed by atoms with Crippen molar-refractivity contribution in [2.75, 3.05) is 0 Å². The SMILES string of the molecule is C=CC1=CC(=C/O)/N/C=C/c2ccccc2/C=C(C)/C(C2CCCCC2)=C\1C=C. The lowest BCUT2D eigenvalue weighted by Gasteiger charge is -2.28. The Morgan fingerprint density at radius 2 is 1.72 bits per heavy atom. The second kappa shape index (κ2) is 9.97. The summed E-state index contributed by atoms with van der Waals surface area (Å²) in [5.41, 5.74) is 7.60. The molecule has 2 heteroatoms. The van der Waals surface area contributed by atoms with Gasteiger partial charge in [0.1, 0.15) is 6.26 Å². The summed E-state index contributed by atoms with van der Waals surface area (Å²) in [4.78, 5) is 0. The lowest BCUT2D eigenvalue weighted by molar-refractivity contribution is 0.405. The minimum absolute atomic E-state index is 0.511. The zero-order chi connectivity index (χ0) is 20.6. The average molecular weight is 386 g/mol. The van der Waals surface area contributed by atoms with E-state index in [0.717, 1.165) is 23.0 Å². The Balaban J connectivity index is 2.29. The van der Waals surface area contributed by atoms with E-state index in [9.17, 15) is 5.11 Å². The zero-order valence-corrected chi connectivity index (χ0v) is 17.3. The molecule has 2 nitrogen and oxygen atoms in total. The highest BCUT2D eigenvalue weighted by Crippen LogP contribution is 2.38. The van der Waals surface area contributed by atoms with Crippen LogP contribution >= 0.6 is 0 Å². The third-order valence-corrected chi connectivity index (χ3v) is 5.79. The summed E-state index contributed by atoms with van der Waals surface area (Å²) in [6.07, 6.45) is 19.2. The maximum atomic E-state index is 9.74. The van der Waals surface area contributed by atoms with E-state index >= 15 is 0 Å². The summed E-state index contributed by atoms with van der Waals surface area (Å²) in [5.74, 6) is 0.511. The smallest absolute Gasteiger partial charge is 0.103 e. The van der Waals surface area contributed by atoms with E-state index in [1.807, 2.05) is 36.6 Å². The van der Waals surface area contributed by atoms with Crippen LogP contribution in [0.5, 0.6) is 0 Å². The summed E-state index contributed by atoms with van der Waals surface area (Å²) in [6, 6.07) is 8.37. The molecule has 0 bridgehead atoms. The number of hydrogen-bond donors (Lipinski definition) is 2. The van der Waals surface area contributed by atoms with Gasteiger partial charge < -0.3 is 10.4 Å². The Kier molecular flexibility index (Phi) is 7.13. The van der Waals surface area contributed by atoms with Crippen LogP contribution < -0.4 is 5.32 Å². The third kappa shape index (κ3) is 4.89. The highest BCUT2D eigenvalue weighted by molar-refractivity contribution is 5.70. The molecule has 1 heterocycles. The van der Waals surface area contributed by atoms with Crippen molar-refractivity contribution >= 4 is 12.2 Å². The molecule has 2 aliphatic rings. The minimum Gasteiger partial charge on any atom is -0.513 e. The molecular weight excluding hydrogens is 354 g/mol. The Morgan fingerprint density at radius 1 is 1.00 bits per heavy atom. The van der Waals surface area contributed by atoms with Gasteiger partial charge in [0.15, 0.2) is 0 Å². The average Bonchev–Trinajstić information content (AvgIpc) is 2.75. The molecule has 1 aromatic carbocycles. The van der Waals surface area contributed by atoms with Gasteiger partial charge in [-0.3, -0.25) is 0 Å². The molecule has 0 saturated heterocycles. The number of aliphatic hydroxyl groups excluding tert-OH is 1. The second-order valence-electron chi connectivity index (χ2n) is 7.69. The highest BCUT2D eigenvalue weighted by atomic mass is 16.2. The van der Waals surface area contributed by atoms with Crippen LogP contribution in [0, 0.1) is 5.92 Å². The van der Waals surface area contributed by atoms with E-state index in [4.69, 9.17) is 0 Å². The summed E-state index contributed by atoms with van der Waals surface area (Å²) < 4.78 is 0. The summed E-state index contributed by atoms with van der Waals surface area (Å²) in [5, 5.41) is 12.9. The molecule has 1 fully saturated rings. The quantitative estimate of drug-likeness (QED) is 0.538. The van der Waals surface area contributed by atoms with Crippen LogP contribution in [-0.2, 0) is 0 Å². The molecule has 0 spiro atoms. The van der Waals surface area contributed by atoms with Gasteiger partial charge in [0.2, 0.25) is 0 Å². The van der Waals surface area contributed by atoms with Crippen LogP contribution in [0.25, 0.3) is 12.2 Å². The summed E-state index contributed by atoms with van der Waals surface area (Å²) in [6.45, 7) is 10.4. The molecule has 1 saturated carbocycles. The second-order valence-corrected chi connectivity index (χ2v) is 7.69. The molecule has 1 aliphatic heterocycles. The van der Waals surface area contributed by atoms with Crippen LogP contribution in [0.15, 0.2) is 96.1 Å². The number of hydrogen-bond acceptors (Lipinski definition) is 2. The van der Waals surface area contributed by atoms with E-state index in [0.29, 0.717) is 11.6 Å². The molecule has 0 unspecified atom stereocenters. The normalized spacial score (nSPS) is 25.3. The van der Waals surface area contributed by atoms with Gasteiger partial charge in [0.25, 0.3) is 0 Å². The molecule has 0 amide bonds. The first-order valence-corrected chi connectivity index (χ1v) is 10.4. The van der Waals surface area contributed by atoms with Crippen molar-refractivity contribution in [1.82, 2.24) is 5.32 Å². The Morgan fingerprint density at radius 3 is 2.38 bits per heavy atom. The maximum Gasteiger partial charge on any atom is 0.103 e. The fourth-order valence-corrected chi connectivity index (χ4v) is 4.39. The predicted molar refractivity (Wildman–Crippen MR) is 125 cm³/mol. The van der Waals surface area contributed by atoms with Crippen molar-refractivity contribution in [3.63, 3.8) is 0 Å². The molecule has 1 aromatic rings. The molecular formula is C27H31NO. The first kappa shape index (κ1) is 20.7. The first-order valence-electron chi connectivity index (χ1n) is 10.4. The van der Waals surface area contributed by atoms with Gasteiger partial charge in [-0.15, -0.1) is 0 Å². The highest BCUT2D eigenvalue weighted by Gasteiger charge is 2.22. The first-order chi connectivity index (χ1) is 14.2. The van der Waals surface area contributed by atoms with Crippen molar-refractivity contribution in [3.8, 4) is 0 Å². The van der Waals surface area contributed by atoms with E-state index in [1.54, 1.807) is 0 Å². The van der Waals surface area contributed by atoms with Crippen molar-refractivity contribution < 1.29 is 5.11 Å². The fourth-order valence-electron chi connectivity index (χ4n) is 4.39. The molecule has 2 N–H and O–H groups in total. The van der Waals surface area contributed by atoms with Crippen LogP contribution in [0.2, 0.25) is 0 Å². The van der Waals surface area contributed by atoms with Crippen LogP contribution in [0.1, 0.15) is 50.2 Å². The van der Waals surface area contributed by atoms with Gasteiger partial charge in [-0.05, 0) is 71.3 Å². The predicted octanol–water partition coefficient (Wildman–Crippen LogP) is 7.24. The number of nitrogens with one attached hydrogen (secondary N) is 1. The molecule has 1 aliphatic carbocycles. The van der Waals surface area contributed by atoms with Gasteiger partial charge in [-0.25, -0.2) is 0 Å². The molecule has 150 valence electrons. The molecule has 29 heavy (non-hydrogen) atoms. The Bertz CT molecular complexity index is 918. The maximum absolute atomic E-state index is 9.74. The molecule has 3 rings (SSSR count). The molecule has 0 radical (unpaired) electrons. The summed E-state index contributed by atoms with van der Waals surface area (Å²) in [7, 11) is 0. The minimum atomic E-state index is 0.511. The molecule has 0 aromatic heterocycles. The van der Waals surface area contributed by atoms with Crippen molar-refractivity contribution in [3.05, 3.63) is 107 Å². The largest absolute Gasteiger partial charge is 0.513 e. The Hall–Kier alpha value is -3.00. The topological polar surface area (TPSA) is 32.3 Å². The Labute approximate surface area is 175 Å². The third-order valence-electron chi connectivity index (χ3n) is 5.79. The fraction of sp³-hybridized carbons (Fsp3) is 0.259. The lowest BCUT2D eigenvalue weighted by atomic mass is 9.77. The van der Waals surface area contributed by atoms with Crippen molar-refractivity contribution in [2.24, 2.45) is 5.92 Å². The standard InChI is InChI=1S/C27H31NO/c1-4-21-18-25(19-29)28-16-15-22-11-9-10-14-24(22)17-20(3)27(26(21)5-2)23-12-7-6-8-13-23/h4-5,9-11,14-19,23,28-29H,1-2,6-8,12-13H2,3H3/b16-15+,20-17+,21-18?,25-19-,27-26+.